The molecule has 0 unspecified atom stereocenters. The van der Waals surface area contributed by atoms with Crippen LogP contribution in [0.5, 0.6) is 0 Å². The van der Waals surface area contributed by atoms with Gasteiger partial charge in [-0.25, -0.2) is 18.4 Å². The van der Waals surface area contributed by atoms with Crippen molar-refractivity contribution in [2.45, 2.75) is 0 Å². The summed E-state index contributed by atoms with van der Waals surface area (Å²) in [5.74, 6) is -4.88. The molecule has 0 atom stereocenters. The number of methoxy groups -OCH3 is 2. The number of ether oxygens (including phenoxy) is 3. The highest BCUT2D eigenvalue weighted by molar-refractivity contribution is 9.10. The highest BCUT2D eigenvalue weighted by Gasteiger charge is 2.38. The summed E-state index contributed by atoms with van der Waals surface area (Å²) in [5, 5.41) is 11.3. The Morgan fingerprint density at radius 1 is 1.31 bits per heavy atom. The first-order chi connectivity index (χ1) is 12.2. The van der Waals surface area contributed by atoms with Crippen molar-refractivity contribution in [1.82, 2.24) is 0 Å². The number of nitro groups is 1. The molecule has 140 valence electrons. The lowest BCUT2D eigenvalue weighted by molar-refractivity contribution is -0.384. The summed E-state index contributed by atoms with van der Waals surface area (Å²) in [7, 11) is 2.08. The molecule has 26 heavy (non-hydrogen) atoms. The maximum absolute atomic E-state index is 14.0. The van der Waals surface area contributed by atoms with Gasteiger partial charge in [0.1, 0.15) is 18.1 Å². The molecule has 0 radical (unpaired) electrons. The van der Waals surface area contributed by atoms with Crippen molar-refractivity contribution in [3.63, 3.8) is 0 Å². The predicted molar refractivity (Wildman–Crippen MR) is 85.1 cm³/mol. The molecule has 2 rings (SSSR count). The van der Waals surface area contributed by atoms with E-state index in [1.165, 1.54) is 0 Å². The molecule has 0 amide bonds. The van der Waals surface area contributed by atoms with Crippen LogP contribution in [0.25, 0.3) is 0 Å². The summed E-state index contributed by atoms with van der Waals surface area (Å²) in [6, 6.07) is 0.358. The van der Waals surface area contributed by atoms with Gasteiger partial charge in [0.15, 0.2) is 11.6 Å². The van der Waals surface area contributed by atoms with Crippen LogP contribution in [0, 0.1) is 21.7 Å². The Morgan fingerprint density at radius 3 is 2.46 bits per heavy atom. The van der Waals surface area contributed by atoms with Crippen molar-refractivity contribution in [3.8, 4) is 0 Å². The van der Waals surface area contributed by atoms with E-state index in [-0.39, 0.29) is 12.2 Å². The van der Waals surface area contributed by atoms with Gasteiger partial charge in [0.05, 0.1) is 41.9 Å². The molecule has 0 saturated heterocycles. The third-order valence-corrected chi connectivity index (χ3v) is 4.14. The van der Waals surface area contributed by atoms with Gasteiger partial charge in [-0.2, -0.15) is 0 Å². The zero-order valence-electron chi connectivity index (χ0n) is 13.4. The van der Waals surface area contributed by atoms with Gasteiger partial charge in [0.25, 0.3) is 5.69 Å². The summed E-state index contributed by atoms with van der Waals surface area (Å²) < 4.78 is 41.3. The Kier molecular flexibility index (Phi) is 5.87. The second kappa shape index (κ2) is 7.74. The van der Waals surface area contributed by atoms with Crippen LogP contribution in [-0.4, -0.2) is 44.4 Å². The second-order valence-electron chi connectivity index (χ2n) is 4.83. The topological polar surface area (TPSA) is 108 Å². The smallest absolute Gasteiger partial charge is 0.355 e. The summed E-state index contributed by atoms with van der Waals surface area (Å²) in [6.45, 7) is -0.807. The number of hydrogen-bond donors (Lipinski definition) is 0. The number of nitrogens with zero attached hydrogens (tertiary/aromatic N) is 2. The zero-order chi connectivity index (χ0) is 19.6. The van der Waals surface area contributed by atoms with Crippen LogP contribution in [0.15, 0.2) is 21.8 Å². The van der Waals surface area contributed by atoms with Crippen LogP contribution >= 0.6 is 15.9 Å². The molecular formula is C14H11BrF2N2O7. The van der Waals surface area contributed by atoms with E-state index in [9.17, 15) is 28.5 Å². The first-order valence-corrected chi connectivity index (χ1v) is 7.60. The van der Waals surface area contributed by atoms with Crippen molar-refractivity contribution in [3.05, 3.63) is 43.6 Å². The SMILES string of the molecule is COC(=O)C1=C(C(=O)OC)N(c2c([N+](=O)[O-])cc(F)c(F)c2Br)COC1. The molecule has 1 aromatic rings. The number of carbonyl (C=O) groups excluding carboxylic acids is 2. The van der Waals surface area contributed by atoms with Crippen molar-refractivity contribution in [2.24, 2.45) is 0 Å². The number of hydrogen-bond acceptors (Lipinski definition) is 8. The average Bonchev–Trinajstić information content (AvgIpc) is 2.63. The first kappa shape index (κ1) is 19.7. The summed E-state index contributed by atoms with van der Waals surface area (Å²) >= 11 is 2.75. The Balaban J connectivity index is 2.81. The highest BCUT2D eigenvalue weighted by Crippen LogP contribution is 2.42. The second-order valence-corrected chi connectivity index (χ2v) is 5.62. The third-order valence-electron chi connectivity index (χ3n) is 3.42. The molecule has 1 aliphatic heterocycles. The third kappa shape index (κ3) is 3.37. The zero-order valence-corrected chi connectivity index (χ0v) is 15.0. The Bertz CT molecular complexity index is 828. The van der Waals surface area contributed by atoms with Gasteiger partial charge in [0.2, 0.25) is 0 Å². The van der Waals surface area contributed by atoms with E-state index >= 15 is 0 Å². The van der Waals surface area contributed by atoms with E-state index in [1.54, 1.807) is 0 Å². The number of nitro benzene ring substituents is 1. The van der Waals surface area contributed by atoms with Crippen LogP contribution in [0.3, 0.4) is 0 Å². The normalized spacial score (nSPS) is 14.3. The molecule has 0 spiro atoms. The molecule has 0 saturated carbocycles. The quantitative estimate of drug-likeness (QED) is 0.305. The molecule has 0 fully saturated rings. The summed E-state index contributed by atoms with van der Waals surface area (Å²) in [6.07, 6.45) is 0. The molecule has 0 N–H and O–H groups in total. The Labute approximate surface area is 153 Å². The number of esters is 2. The Morgan fingerprint density at radius 2 is 1.92 bits per heavy atom. The van der Waals surface area contributed by atoms with Crippen LogP contribution in [-0.2, 0) is 23.8 Å². The van der Waals surface area contributed by atoms with E-state index in [0.717, 1.165) is 19.1 Å². The van der Waals surface area contributed by atoms with Gasteiger partial charge < -0.3 is 19.1 Å². The van der Waals surface area contributed by atoms with Crippen LogP contribution < -0.4 is 4.90 Å². The monoisotopic (exact) mass is 436 g/mol. The van der Waals surface area contributed by atoms with Gasteiger partial charge in [-0.3, -0.25) is 10.1 Å². The molecule has 0 aromatic heterocycles. The van der Waals surface area contributed by atoms with Gasteiger partial charge in [0, 0.05) is 0 Å². The molecule has 1 heterocycles. The van der Waals surface area contributed by atoms with Gasteiger partial charge >= 0.3 is 11.9 Å². The van der Waals surface area contributed by atoms with Crippen LogP contribution in [0.2, 0.25) is 0 Å². The van der Waals surface area contributed by atoms with Gasteiger partial charge in [-0.15, -0.1) is 0 Å². The Hall–Kier alpha value is -2.60. The minimum atomic E-state index is -1.47. The number of benzene rings is 1. The molecule has 0 bridgehead atoms. The molecule has 1 aliphatic rings. The van der Waals surface area contributed by atoms with E-state index in [4.69, 9.17) is 4.74 Å². The fourth-order valence-electron chi connectivity index (χ4n) is 2.29. The fraction of sp³-hybridized carbons (Fsp3) is 0.286. The van der Waals surface area contributed by atoms with Crippen molar-refractivity contribution >= 4 is 39.2 Å². The molecule has 9 nitrogen and oxygen atoms in total. The first-order valence-electron chi connectivity index (χ1n) is 6.81. The van der Waals surface area contributed by atoms with Crippen molar-refractivity contribution in [1.29, 1.82) is 0 Å². The summed E-state index contributed by atoms with van der Waals surface area (Å²) in [4.78, 5) is 35.3. The van der Waals surface area contributed by atoms with E-state index in [1.807, 2.05) is 0 Å². The van der Waals surface area contributed by atoms with E-state index < -0.39 is 56.8 Å². The van der Waals surface area contributed by atoms with Gasteiger partial charge in [-0.05, 0) is 15.9 Å². The lowest BCUT2D eigenvalue weighted by atomic mass is 10.1. The molecular weight excluding hydrogens is 426 g/mol. The van der Waals surface area contributed by atoms with Crippen molar-refractivity contribution < 1.29 is 37.5 Å². The number of carbonyl (C=O) groups is 2. The maximum Gasteiger partial charge on any atom is 0.355 e. The standard InChI is InChI=1S/C14H11BrF2N2O7/c1-24-13(20)6-4-26-5-18(11(6)14(21)25-2)12-8(19(22)23)3-7(16)10(17)9(12)15/h3H,4-5H2,1-2H3. The number of anilines is 1. The van der Waals surface area contributed by atoms with E-state index in [0.29, 0.717) is 6.07 Å². The minimum Gasteiger partial charge on any atom is -0.466 e. The lowest BCUT2D eigenvalue weighted by Gasteiger charge is -2.31. The summed E-state index contributed by atoms with van der Waals surface area (Å²) in [5.41, 5.74) is -2.11. The lowest BCUT2D eigenvalue weighted by Crippen LogP contribution is -2.39. The van der Waals surface area contributed by atoms with Crippen LogP contribution in [0.1, 0.15) is 0 Å². The highest BCUT2D eigenvalue weighted by atomic mass is 79.9. The van der Waals surface area contributed by atoms with Gasteiger partial charge in [-0.1, -0.05) is 0 Å². The maximum atomic E-state index is 14.0. The molecule has 12 heteroatoms. The van der Waals surface area contributed by atoms with Crippen LogP contribution in [0.4, 0.5) is 20.2 Å². The fourth-order valence-corrected chi connectivity index (χ4v) is 2.90. The number of halogens is 3. The van der Waals surface area contributed by atoms with E-state index in [2.05, 4.69) is 25.4 Å². The molecule has 0 aliphatic carbocycles. The number of rotatable bonds is 4. The molecule has 1 aromatic carbocycles. The largest absolute Gasteiger partial charge is 0.466 e. The predicted octanol–water partition coefficient (Wildman–Crippen LogP) is 2.03. The minimum absolute atomic E-state index is 0.295. The van der Waals surface area contributed by atoms with Crippen molar-refractivity contribution in [2.75, 3.05) is 32.5 Å². The average molecular weight is 437 g/mol.